The van der Waals surface area contributed by atoms with Crippen LogP contribution >= 0.6 is 0 Å². The molecular weight excluding hydrogens is 437 g/mol. The van der Waals surface area contributed by atoms with Gasteiger partial charge in [-0.05, 0) is 67.2 Å². The van der Waals surface area contributed by atoms with Crippen LogP contribution in [0.1, 0.15) is 38.3 Å². The van der Waals surface area contributed by atoms with Gasteiger partial charge in [0.25, 0.3) is 0 Å². The first-order chi connectivity index (χ1) is 16.2. The smallest absolute Gasteiger partial charge is 0.410 e. The molecule has 8 nitrogen and oxygen atoms in total. The molecular formula is C25H32FN5O3. The molecule has 0 saturated heterocycles. The predicted octanol–water partition coefficient (Wildman–Crippen LogP) is 4.12. The second kappa shape index (κ2) is 12.5. The molecule has 0 aromatic heterocycles. The summed E-state index contributed by atoms with van der Waals surface area (Å²) >= 11 is 0. The number of nitrogens with zero attached hydrogens (tertiary/aromatic N) is 2. The van der Waals surface area contributed by atoms with Gasteiger partial charge in [0.2, 0.25) is 5.91 Å². The van der Waals surface area contributed by atoms with Gasteiger partial charge < -0.3 is 26.1 Å². The van der Waals surface area contributed by atoms with E-state index in [2.05, 4.69) is 10.3 Å². The number of benzene rings is 1. The minimum Gasteiger partial charge on any atom is -0.447 e. The number of anilines is 1. The summed E-state index contributed by atoms with van der Waals surface area (Å²) in [5, 5.41) is 10.1. The van der Waals surface area contributed by atoms with Crippen LogP contribution in [0.3, 0.4) is 0 Å². The van der Waals surface area contributed by atoms with Crippen LogP contribution in [0.25, 0.3) is 0 Å². The maximum Gasteiger partial charge on any atom is 0.410 e. The van der Waals surface area contributed by atoms with E-state index < -0.39 is 17.8 Å². The maximum absolute atomic E-state index is 14.7. The number of nitrogens with one attached hydrogen (secondary N) is 2. The highest BCUT2D eigenvalue weighted by atomic mass is 19.1. The first-order valence-corrected chi connectivity index (χ1v) is 11.1. The summed E-state index contributed by atoms with van der Waals surface area (Å²) in [4.78, 5) is 30.2. The fraction of sp³-hybridized carbons (Fsp3) is 0.360. The molecule has 2 amide bonds. The summed E-state index contributed by atoms with van der Waals surface area (Å²) < 4.78 is 19.9. The zero-order chi connectivity index (χ0) is 25.3. The zero-order valence-electron chi connectivity index (χ0n) is 20.0. The number of aliphatic imine (C=N–C) groups is 1. The van der Waals surface area contributed by atoms with Crippen molar-refractivity contribution in [2.45, 2.75) is 46.3 Å². The van der Waals surface area contributed by atoms with Gasteiger partial charge in [-0.2, -0.15) is 0 Å². The minimum atomic E-state index is -0.586. The van der Waals surface area contributed by atoms with E-state index in [-0.39, 0.29) is 18.3 Å². The third-order valence-corrected chi connectivity index (χ3v) is 5.22. The molecule has 2 rings (SSSR count). The number of amides is 2. The van der Waals surface area contributed by atoms with Crippen LogP contribution in [0.2, 0.25) is 0 Å². The van der Waals surface area contributed by atoms with Crippen molar-refractivity contribution in [2.24, 2.45) is 10.7 Å². The van der Waals surface area contributed by atoms with Crippen molar-refractivity contribution < 1.29 is 18.7 Å². The van der Waals surface area contributed by atoms with Crippen molar-refractivity contribution in [3.05, 3.63) is 64.1 Å². The van der Waals surface area contributed by atoms with Gasteiger partial charge in [-0.25, -0.2) is 9.18 Å². The lowest BCUT2D eigenvalue weighted by Gasteiger charge is -2.29. The SMILES string of the molecule is CCC(/C(C=N)=C/N)=C(\C=N/C)/C=C/C(=O)Nc1cc2c(cc1F)CN(C(=O)OC(C)C)CC2. The Hall–Kier alpha value is -3.75. The molecule has 0 bridgehead atoms. The van der Waals surface area contributed by atoms with Crippen molar-refractivity contribution in [3.8, 4) is 0 Å². The zero-order valence-corrected chi connectivity index (χ0v) is 20.0. The number of fused-ring (bicyclic) bond motifs is 1. The molecule has 0 saturated carbocycles. The molecule has 0 aliphatic carbocycles. The summed E-state index contributed by atoms with van der Waals surface area (Å²) in [7, 11) is 1.60. The predicted molar refractivity (Wildman–Crippen MR) is 133 cm³/mol. The lowest BCUT2D eigenvalue weighted by molar-refractivity contribution is -0.111. The second-order valence-corrected chi connectivity index (χ2v) is 7.97. The summed E-state index contributed by atoms with van der Waals surface area (Å²) in [5.41, 5.74) is 9.13. The first-order valence-electron chi connectivity index (χ1n) is 11.1. The molecule has 0 radical (unpaired) electrons. The van der Waals surface area contributed by atoms with E-state index in [0.29, 0.717) is 36.1 Å². The molecule has 182 valence electrons. The summed E-state index contributed by atoms with van der Waals surface area (Å²) in [5.74, 6) is -1.10. The number of carbonyl (C=O) groups excluding carboxylic acids is 2. The quantitative estimate of drug-likeness (QED) is 0.301. The fourth-order valence-electron chi connectivity index (χ4n) is 3.62. The third-order valence-electron chi connectivity index (χ3n) is 5.22. The van der Waals surface area contributed by atoms with Gasteiger partial charge in [0, 0.05) is 50.4 Å². The van der Waals surface area contributed by atoms with Gasteiger partial charge in [-0.15, -0.1) is 0 Å². The third kappa shape index (κ3) is 6.87. The van der Waals surface area contributed by atoms with Gasteiger partial charge in [0.1, 0.15) is 5.82 Å². The Labute approximate surface area is 199 Å². The van der Waals surface area contributed by atoms with Crippen LogP contribution in [0.15, 0.2) is 52.2 Å². The van der Waals surface area contributed by atoms with Gasteiger partial charge in [0.05, 0.1) is 11.8 Å². The molecule has 0 atom stereocenters. The fourth-order valence-corrected chi connectivity index (χ4v) is 3.62. The Bertz CT molecular complexity index is 1060. The lowest BCUT2D eigenvalue weighted by Crippen LogP contribution is -2.37. The highest BCUT2D eigenvalue weighted by molar-refractivity contribution is 6.01. The van der Waals surface area contributed by atoms with Crippen molar-refractivity contribution in [1.29, 1.82) is 5.41 Å². The van der Waals surface area contributed by atoms with Crippen LogP contribution in [-0.4, -0.2) is 49.0 Å². The Morgan fingerprint density at radius 3 is 2.65 bits per heavy atom. The van der Waals surface area contributed by atoms with Gasteiger partial charge >= 0.3 is 6.09 Å². The molecule has 34 heavy (non-hydrogen) atoms. The maximum atomic E-state index is 14.7. The largest absolute Gasteiger partial charge is 0.447 e. The van der Waals surface area contributed by atoms with Crippen LogP contribution in [0.5, 0.6) is 0 Å². The Kier molecular flexibility index (Phi) is 9.73. The summed E-state index contributed by atoms with van der Waals surface area (Å²) in [6.45, 7) is 6.16. The average Bonchev–Trinajstić information content (AvgIpc) is 2.80. The lowest BCUT2D eigenvalue weighted by atomic mass is 9.98. The first kappa shape index (κ1) is 26.5. The van der Waals surface area contributed by atoms with E-state index in [1.807, 2.05) is 6.92 Å². The molecule has 1 aromatic rings. The number of hydrogen-bond acceptors (Lipinski definition) is 6. The van der Waals surface area contributed by atoms with Crippen LogP contribution in [0, 0.1) is 11.2 Å². The van der Waals surface area contributed by atoms with Crippen LogP contribution < -0.4 is 11.1 Å². The standard InChI is InChI=1S/C25H32FN5O3/c1-5-21(20(12-27)13-28)18(14-29-4)6-7-24(32)30-23-11-17-8-9-31(25(33)34-16(2)3)15-19(17)10-22(23)26/h6-7,10-14,16,27H,5,8-9,15,28H2,1-4H3,(H,30,32)/b7-6+,20-13+,21-18+,27-12?,29-14-. The van der Waals surface area contributed by atoms with E-state index in [0.717, 1.165) is 17.4 Å². The van der Waals surface area contributed by atoms with Crippen molar-refractivity contribution in [1.82, 2.24) is 4.90 Å². The molecule has 1 aromatic carbocycles. The number of hydrogen-bond donors (Lipinski definition) is 3. The van der Waals surface area contributed by atoms with Crippen LogP contribution in [-0.2, 0) is 22.5 Å². The van der Waals surface area contributed by atoms with Gasteiger partial charge in [-0.3, -0.25) is 9.79 Å². The minimum absolute atomic E-state index is 0.0686. The number of rotatable bonds is 8. The number of nitrogens with two attached hydrogens (primary N) is 1. The second-order valence-electron chi connectivity index (χ2n) is 7.97. The number of ether oxygens (including phenoxy) is 1. The highest BCUT2D eigenvalue weighted by Gasteiger charge is 2.24. The monoisotopic (exact) mass is 469 g/mol. The molecule has 0 unspecified atom stereocenters. The normalized spacial score (nSPS) is 14.9. The molecule has 0 fully saturated rings. The van der Waals surface area contributed by atoms with E-state index in [4.69, 9.17) is 15.9 Å². The van der Waals surface area contributed by atoms with Crippen molar-refractivity contribution in [2.75, 3.05) is 18.9 Å². The Morgan fingerprint density at radius 2 is 2.06 bits per heavy atom. The van der Waals surface area contributed by atoms with Gasteiger partial charge in [-0.1, -0.05) is 6.92 Å². The Morgan fingerprint density at radius 1 is 1.32 bits per heavy atom. The van der Waals surface area contributed by atoms with E-state index in [9.17, 15) is 14.0 Å². The number of allylic oxidation sites excluding steroid dienone is 4. The molecule has 1 heterocycles. The average molecular weight is 470 g/mol. The molecule has 1 aliphatic rings. The topological polar surface area (TPSA) is 121 Å². The molecule has 1 aliphatic heterocycles. The van der Waals surface area contributed by atoms with Crippen LogP contribution in [0.4, 0.5) is 14.9 Å². The molecule has 9 heteroatoms. The Balaban J connectivity index is 2.20. The van der Waals surface area contributed by atoms with E-state index >= 15 is 0 Å². The summed E-state index contributed by atoms with van der Waals surface area (Å²) in [6, 6.07) is 2.95. The molecule has 0 spiro atoms. The van der Waals surface area contributed by atoms with Crippen molar-refractivity contribution in [3.63, 3.8) is 0 Å². The molecule has 4 N–H and O–H groups in total. The van der Waals surface area contributed by atoms with E-state index in [1.54, 1.807) is 39.3 Å². The van der Waals surface area contributed by atoms with Gasteiger partial charge in [0.15, 0.2) is 0 Å². The van der Waals surface area contributed by atoms with Crippen molar-refractivity contribution >= 4 is 30.1 Å². The number of halogens is 1. The summed E-state index contributed by atoms with van der Waals surface area (Å²) in [6.07, 6.45) is 7.34. The van der Waals surface area contributed by atoms with E-state index in [1.165, 1.54) is 23.2 Å². The highest BCUT2D eigenvalue weighted by Crippen LogP contribution is 2.26. The number of carbonyl (C=O) groups is 2.